The minimum absolute atomic E-state index is 0.0790. The van der Waals surface area contributed by atoms with Crippen LogP contribution >= 0.6 is 15.9 Å². The van der Waals surface area contributed by atoms with Crippen LogP contribution in [0.15, 0.2) is 16.6 Å². The number of hydrogen-bond donors (Lipinski definition) is 0. The van der Waals surface area contributed by atoms with Gasteiger partial charge in [0, 0.05) is 4.47 Å². The fourth-order valence-corrected chi connectivity index (χ4v) is 1.95. The third kappa shape index (κ3) is 2.66. The molecule has 16 heavy (non-hydrogen) atoms. The summed E-state index contributed by atoms with van der Waals surface area (Å²) in [5.74, 6) is -2.76. The highest BCUT2D eigenvalue weighted by Crippen LogP contribution is 2.22. The maximum absolute atomic E-state index is 13.5. The van der Waals surface area contributed by atoms with Gasteiger partial charge in [-0.15, -0.1) is 0 Å². The minimum Gasteiger partial charge on any atom is -0.460 e. The lowest BCUT2D eigenvalue weighted by molar-refractivity contribution is -0.137. The van der Waals surface area contributed by atoms with Gasteiger partial charge in [-0.05, 0) is 47.5 Å². The van der Waals surface area contributed by atoms with Gasteiger partial charge >= 0.3 is 5.97 Å². The SMILES string of the molecule is CCOC(=O)C(=O)c1c(F)cc(C)cc1Br. The molecule has 86 valence electrons. The van der Waals surface area contributed by atoms with Crippen LogP contribution in [-0.2, 0) is 9.53 Å². The Labute approximate surface area is 101 Å². The molecule has 0 atom stereocenters. The lowest BCUT2D eigenvalue weighted by Crippen LogP contribution is -2.19. The van der Waals surface area contributed by atoms with E-state index in [0.29, 0.717) is 5.56 Å². The van der Waals surface area contributed by atoms with Crippen molar-refractivity contribution >= 4 is 27.7 Å². The Morgan fingerprint density at radius 3 is 2.56 bits per heavy atom. The molecule has 0 N–H and O–H groups in total. The first-order valence-corrected chi connectivity index (χ1v) is 5.43. The predicted octanol–water partition coefficient (Wildman–Crippen LogP) is 2.64. The Balaban J connectivity index is 3.14. The average molecular weight is 289 g/mol. The molecular weight excluding hydrogens is 279 g/mol. The van der Waals surface area contributed by atoms with Crippen molar-refractivity contribution in [2.75, 3.05) is 6.61 Å². The Morgan fingerprint density at radius 1 is 1.44 bits per heavy atom. The van der Waals surface area contributed by atoms with Crippen LogP contribution in [-0.4, -0.2) is 18.4 Å². The molecule has 1 aromatic rings. The van der Waals surface area contributed by atoms with Crippen LogP contribution < -0.4 is 0 Å². The van der Waals surface area contributed by atoms with Gasteiger partial charge in [0.05, 0.1) is 12.2 Å². The molecule has 0 aliphatic carbocycles. The van der Waals surface area contributed by atoms with E-state index in [1.807, 2.05) is 0 Å². The topological polar surface area (TPSA) is 43.4 Å². The van der Waals surface area contributed by atoms with Crippen LogP contribution in [0.1, 0.15) is 22.8 Å². The number of aryl methyl sites for hydroxylation is 1. The molecule has 0 saturated heterocycles. The number of hydrogen-bond acceptors (Lipinski definition) is 3. The summed E-state index contributed by atoms with van der Waals surface area (Å²) >= 11 is 3.05. The van der Waals surface area contributed by atoms with E-state index in [-0.39, 0.29) is 16.6 Å². The summed E-state index contributed by atoms with van der Waals surface area (Å²) in [4.78, 5) is 22.7. The lowest BCUT2D eigenvalue weighted by atomic mass is 10.1. The molecule has 0 radical (unpaired) electrons. The number of rotatable bonds is 3. The van der Waals surface area contributed by atoms with Crippen molar-refractivity contribution in [1.29, 1.82) is 0 Å². The van der Waals surface area contributed by atoms with E-state index in [0.717, 1.165) is 0 Å². The van der Waals surface area contributed by atoms with E-state index in [1.165, 1.54) is 6.07 Å². The number of carbonyl (C=O) groups is 2. The molecule has 0 bridgehead atoms. The number of carbonyl (C=O) groups excluding carboxylic acids is 2. The van der Waals surface area contributed by atoms with Crippen LogP contribution in [0.3, 0.4) is 0 Å². The van der Waals surface area contributed by atoms with Crippen molar-refractivity contribution in [1.82, 2.24) is 0 Å². The van der Waals surface area contributed by atoms with Crippen LogP contribution in [0.5, 0.6) is 0 Å². The van der Waals surface area contributed by atoms with Crippen LogP contribution in [0, 0.1) is 12.7 Å². The van der Waals surface area contributed by atoms with E-state index in [1.54, 1.807) is 19.9 Å². The second kappa shape index (κ2) is 5.21. The average Bonchev–Trinajstić information content (AvgIpc) is 2.16. The van der Waals surface area contributed by atoms with Gasteiger partial charge in [0.25, 0.3) is 5.78 Å². The fourth-order valence-electron chi connectivity index (χ4n) is 1.22. The number of Topliss-reactive ketones (excluding diaryl/α,β-unsaturated/α-hetero) is 1. The number of halogens is 2. The van der Waals surface area contributed by atoms with E-state index < -0.39 is 17.6 Å². The summed E-state index contributed by atoms with van der Waals surface area (Å²) in [6.07, 6.45) is 0. The third-order valence-corrected chi connectivity index (χ3v) is 2.50. The zero-order chi connectivity index (χ0) is 12.3. The van der Waals surface area contributed by atoms with Gasteiger partial charge in [0.15, 0.2) is 0 Å². The van der Waals surface area contributed by atoms with Crippen molar-refractivity contribution < 1.29 is 18.7 Å². The minimum atomic E-state index is -1.05. The smallest absolute Gasteiger partial charge is 0.379 e. The molecule has 1 rings (SSSR count). The van der Waals surface area contributed by atoms with Crippen LogP contribution in [0.4, 0.5) is 4.39 Å². The summed E-state index contributed by atoms with van der Waals surface area (Å²) in [5, 5.41) is 0. The molecule has 0 unspecified atom stereocenters. The van der Waals surface area contributed by atoms with Crippen molar-refractivity contribution in [2.24, 2.45) is 0 Å². The first-order chi connectivity index (χ1) is 7.47. The first-order valence-electron chi connectivity index (χ1n) is 4.64. The molecule has 0 saturated carbocycles. The quantitative estimate of drug-likeness (QED) is 0.488. The molecular formula is C11H10BrFO3. The standard InChI is InChI=1S/C11H10BrFO3/c1-3-16-11(15)10(14)9-7(12)4-6(2)5-8(9)13/h4-5H,3H2,1-2H3. The second-order valence-electron chi connectivity index (χ2n) is 3.15. The molecule has 0 heterocycles. The number of ketones is 1. The van der Waals surface area contributed by atoms with Gasteiger partial charge in [-0.2, -0.15) is 0 Å². The molecule has 3 nitrogen and oxygen atoms in total. The van der Waals surface area contributed by atoms with E-state index >= 15 is 0 Å². The van der Waals surface area contributed by atoms with Gasteiger partial charge in [-0.1, -0.05) is 0 Å². The molecule has 0 amide bonds. The molecule has 1 aromatic carbocycles. The molecule has 0 aliphatic heterocycles. The van der Waals surface area contributed by atoms with Crippen molar-refractivity contribution in [3.8, 4) is 0 Å². The summed E-state index contributed by atoms with van der Waals surface area (Å²) in [6.45, 7) is 3.34. The Morgan fingerprint density at radius 2 is 2.06 bits per heavy atom. The summed E-state index contributed by atoms with van der Waals surface area (Å²) in [6, 6.07) is 2.76. The zero-order valence-corrected chi connectivity index (χ0v) is 10.4. The predicted molar refractivity (Wildman–Crippen MR) is 59.8 cm³/mol. The maximum atomic E-state index is 13.5. The Kier molecular flexibility index (Phi) is 4.18. The van der Waals surface area contributed by atoms with E-state index in [2.05, 4.69) is 20.7 Å². The van der Waals surface area contributed by atoms with Crippen LogP contribution in [0.2, 0.25) is 0 Å². The van der Waals surface area contributed by atoms with Gasteiger partial charge < -0.3 is 4.74 Å². The summed E-state index contributed by atoms with van der Waals surface area (Å²) < 4.78 is 18.3. The molecule has 5 heteroatoms. The lowest BCUT2D eigenvalue weighted by Gasteiger charge is -2.05. The van der Waals surface area contributed by atoms with Crippen molar-refractivity contribution in [2.45, 2.75) is 13.8 Å². The third-order valence-electron chi connectivity index (χ3n) is 1.87. The molecule has 0 aliphatic rings. The Hall–Kier alpha value is -1.23. The van der Waals surface area contributed by atoms with Gasteiger partial charge in [0.1, 0.15) is 5.82 Å². The van der Waals surface area contributed by atoms with Gasteiger partial charge in [0.2, 0.25) is 0 Å². The zero-order valence-electron chi connectivity index (χ0n) is 8.84. The maximum Gasteiger partial charge on any atom is 0.379 e. The molecule has 0 spiro atoms. The second-order valence-corrected chi connectivity index (χ2v) is 4.01. The monoisotopic (exact) mass is 288 g/mol. The number of esters is 1. The van der Waals surface area contributed by atoms with Crippen LogP contribution in [0.25, 0.3) is 0 Å². The first kappa shape index (κ1) is 12.8. The normalized spacial score (nSPS) is 10.0. The largest absolute Gasteiger partial charge is 0.460 e. The van der Waals surface area contributed by atoms with E-state index in [4.69, 9.17) is 0 Å². The summed E-state index contributed by atoms with van der Waals surface area (Å²) in [7, 11) is 0. The van der Waals surface area contributed by atoms with Gasteiger partial charge in [-0.3, -0.25) is 4.79 Å². The highest BCUT2D eigenvalue weighted by molar-refractivity contribution is 9.10. The van der Waals surface area contributed by atoms with E-state index in [9.17, 15) is 14.0 Å². The number of benzene rings is 1. The molecule has 0 fully saturated rings. The molecule has 0 aromatic heterocycles. The van der Waals surface area contributed by atoms with Gasteiger partial charge in [-0.25, -0.2) is 9.18 Å². The van der Waals surface area contributed by atoms with Crippen molar-refractivity contribution in [3.63, 3.8) is 0 Å². The Bertz CT molecular complexity index is 420. The highest BCUT2D eigenvalue weighted by atomic mass is 79.9. The summed E-state index contributed by atoms with van der Waals surface area (Å²) in [5.41, 5.74) is 0.369. The number of ether oxygens (including phenoxy) is 1. The van der Waals surface area contributed by atoms with Crippen molar-refractivity contribution in [3.05, 3.63) is 33.5 Å². The fraction of sp³-hybridized carbons (Fsp3) is 0.273. The highest BCUT2D eigenvalue weighted by Gasteiger charge is 2.24.